The molecule has 10 heteroatoms. The van der Waals surface area contributed by atoms with Crippen LogP contribution in [0, 0.1) is 6.92 Å². The summed E-state index contributed by atoms with van der Waals surface area (Å²) in [6, 6.07) is 20.0. The molecule has 0 aliphatic heterocycles. The number of alkyl halides is 3. The first-order valence-corrected chi connectivity index (χ1v) is 11.4. The number of fused-ring (bicyclic) bond motifs is 1. The Kier molecular flexibility index (Phi) is 7.26. The second kappa shape index (κ2) is 10.4. The van der Waals surface area contributed by atoms with Gasteiger partial charge in [0.05, 0.1) is 22.5 Å². The average molecular weight is 525 g/mol. The van der Waals surface area contributed by atoms with E-state index in [4.69, 9.17) is 16.6 Å². The van der Waals surface area contributed by atoms with Crippen LogP contribution in [0.1, 0.15) is 28.4 Å². The van der Waals surface area contributed by atoms with Gasteiger partial charge in [0.25, 0.3) is 5.91 Å². The summed E-state index contributed by atoms with van der Waals surface area (Å²) in [5.74, 6) is -2.57. The van der Waals surface area contributed by atoms with E-state index < -0.39 is 18.0 Å². The highest BCUT2D eigenvalue weighted by atomic mass is 35.5. The fourth-order valence-corrected chi connectivity index (χ4v) is 3.76. The van der Waals surface area contributed by atoms with Gasteiger partial charge in [0.1, 0.15) is 0 Å². The lowest BCUT2D eigenvalue weighted by molar-refractivity contribution is -0.167. The molecule has 1 heterocycles. The van der Waals surface area contributed by atoms with E-state index in [2.05, 4.69) is 10.5 Å². The zero-order valence-electron chi connectivity index (χ0n) is 19.7. The number of carbonyl (C=O) groups is 2. The highest BCUT2D eigenvalue weighted by Crippen LogP contribution is 2.28. The number of nitrogens with one attached hydrogen (secondary N) is 2. The maximum atomic E-state index is 13.2. The summed E-state index contributed by atoms with van der Waals surface area (Å²) in [5, 5.41) is 7.14. The number of amides is 2. The second-order valence-electron chi connectivity index (χ2n) is 8.20. The molecule has 4 aromatic rings. The van der Waals surface area contributed by atoms with Gasteiger partial charge < -0.3 is 5.32 Å². The monoisotopic (exact) mass is 524 g/mol. The smallest absolute Gasteiger partial charge is 0.318 e. The Morgan fingerprint density at radius 2 is 1.68 bits per heavy atom. The molecule has 0 fully saturated rings. The molecule has 0 radical (unpaired) electrons. The normalized spacial score (nSPS) is 11.9. The van der Waals surface area contributed by atoms with E-state index in [1.54, 1.807) is 42.6 Å². The minimum atomic E-state index is -5.01. The first kappa shape index (κ1) is 25.8. The fraction of sp³-hybridized carbons (Fsp3) is 0.111. The van der Waals surface area contributed by atoms with Crippen molar-refractivity contribution in [2.24, 2.45) is 5.10 Å². The summed E-state index contributed by atoms with van der Waals surface area (Å²) in [6.45, 7) is 3.48. The summed E-state index contributed by atoms with van der Waals surface area (Å²) in [5.41, 5.74) is 6.46. The number of rotatable bonds is 5. The lowest BCUT2D eigenvalue weighted by Gasteiger charge is -2.11. The molecule has 0 aliphatic carbocycles. The predicted molar refractivity (Wildman–Crippen MR) is 138 cm³/mol. The van der Waals surface area contributed by atoms with Crippen LogP contribution in [0.3, 0.4) is 0 Å². The second-order valence-corrected chi connectivity index (χ2v) is 8.64. The summed E-state index contributed by atoms with van der Waals surface area (Å²) >= 11 is 6.01. The van der Waals surface area contributed by atoms with Gasteiger partial charge in [-0.15, -0.1) is 0 Å². The molecule has 0 aliphatic rings. The van der Waals surface area contributed by atoms with E-state index in [1.165, 1.54) is 18.2 Å². The van der Waals surface area contributed by atoms with Gasteiger partial charge >= 0.3 is 12.1 Å². The zero-order valence-corrected chi connectivity index (χ0v) is 20.4. The summed E-state index contributed by atoms with van der Waals surface area (Å²) in [7, 11) is 0. The molecule has 188 valence electrons. The van der Waals surface area contributed by atoms with E-state index in [9.17, 15) is 22.8 Å². The molecule has 4 rings (SSSR count). The van der Waals surface area contributed by atoms with Crippen LogP contribution >= 0.6 is 11.6 Å². The van der Waals surface area contributed by atoms with Crippen LogP contribution < -0.4 is 10.7 Å². The van der Waals surface area contributed by atoms with Crippen molar-refractivity contribution in [1.82, 2.24) is 10.4 Å². The first-order chi connectivity index (χ1) is 17.5. The van der Waals surface area contributed by atoms with Crippen molar-refractivity contribution in [3.8, 4) is 11.3 Å². The highest BCUT2D eigenvalue weighted by Gasteiger charge is 2.38. The zero-order chi connectivity index (χ0) is 26.7. The maximum absolute atomic E-state index is 13.2. The van der Waals surface area contributed by atoms with Crippen molar-refractivity contribution in [3.63, 3.8) is 0 Å². The number of carbonyl (C=O) groups excluding carboxylic acids is 2. The standard InChI is InChI=1S/C27H20ClF3N4O2/c1-15-5-3-8-21-22(14-23(33-24(15)21)17-9-11-19(28)12-10-17)25(36)35-34-16(2)18-6-4-7-20(13-18)32-26(37)27(29,30)31/h3-14H,1-2H3,(H,32,37)(H,35,36)/b34-16-. The van der Waals surface area contributed by atoms with Crippen molar-refractivity contribution in [1.29, 1.82) is 0 Å². The Morgan fingerprint density at radius 1 is 0.973 bits per heavy atom. The molecule has 0 saturated heterocycles. The third-order valence-electron chi connectivity index (χ3n) is 5.55. The molecule has 0 atom stereocenters. The molecule has 1 aromatic heterocycles. The van der Waals surface area contributed by atoms with Crippen molar-refractivity contribution in [2.45, 2.75) is 20.0 Å². The number of benzene rings is 3. The minimum absolute atomic E-state index is 0.0519. The van der Waals surface area contributed by atoms with E-state index in [-0.39, 0.29) is 5.69 Å². The van der Waals surface area contributed by atoms with Crippen molar-refractivity contribution in [3.05, 3.63) is 94.5 Å². The average Bonchev–Trinajstić information content (AvgIpc) is 2.87. The van der Waals surface area contributed by atoms with Crippen LogP contribution in [0.2, 0.25) is 5.02 Å². The van der Waals surface area contributed by atoms with E-state index >= 15 is 0 Å². The predicted octanol–water partition coefficient (Wildman–Crippen LogP) is 6.52. The van der Waals surface area contributed by atoms with Gasteiger partial charge in [-0.2, -0.15) is 18.3 Å². The largest absolute Gasteiger partial charge is 0.471 e. The SMILES string of the molecule is C/C(=N/NC(=O)c1cc(-c2ccc(Cl)cc2)nc2c(C)cccc12)c1cccc(NC(=O)C(F)(F)F)c1. The molecule has 6 nitrogen and oxygen atoms in total. The van der Waals surface area contributed by atoms with Gasteiger partial charge in [0.15, 0.2) is 0 Å². The van der Waals surface area contributed by atoms with Gasteiger partial charge in [0, 0.05) is 21.7 Å². The molecule has 0 saturated carbocycles. The maximum Gasteiger partial charge on any atom is 0.471 e. The highest BCUT2D eigenvalue weighted by molar-refractivity contribution is 6.30. The van der Waals surface area contributed by atoms with Crippen LogP contribution in [-0.4, -0.2) is 28.7 Å². The lowest BCUT2D eigenvalue weighted by atomic mass is 10.0. The number of anilines is 1. The Bertz CT molecular complexity index is 1530. The van der Waals surface area contributed by atoms with E-state index in [1.807, 2.05) is 31.2 Å². The molecule has 37 heavy (non-hydrogen) atoms. The van der Waals surface area contributed by atoms with E-state index in [0.717, 1.165) is 11.1 Å². The number of aromatic nitrogens is 1. The summed E-state index contributed by atoms with van der Waals surface area (Å²) in [6.07, 6.45) is -5.01. The minimum Gasteiger partial charge on any atom is -0.318 e. The van der Waals surface area contributed by atoms with Crippen LogP contribution in [0.25, 0.3) is 22.2 Å². The molecule has 2 N–H and O–H groups in total. The van der Waals surface area contributed by atoms with Crippen molar-refractivity contribution in [2.75, 3.05) is 5.32 Å². The molecular weight excluding hydrogens is 505 g/mol. The first-order valence-electron chi connectivity index (χ1n) is 11.0. The summed E-state index contributed by atoms with van der Waals surface area (Å²) in [4.78, 5) is 29.2. The van der Waals surface area contributed by atoms with Gasteiger partial charge in [0.2, 0.25) is 0 Å². The summed E-state index contributed by atoms with van der Waals surface area (Å²) < 4.78 is 37.7. The van der Waals surface area contributed by atoms with Crippen LogP contribution in [0.5, 0.6) is 0 Å². The Hall–Kier alpha value is -4.24. The molecule has 0 bridgehead atoms. The number of para-hydroxylation sites is 1. The van der Waals surface area contributed by atoms with Crippen LogP contribution in [0.4, 0.5) is 18.9 Å². The molecule has 0 unspecified atom stereocenters. The third-order valence-corrected chi connectivity index (χ3v) is 5.80. The Morgan fingerprint density at radius 3 is 2.38 bits per heavy atom. The Labute approximate surface area is 215 Å². The van der Waals surface area contributed by atoms with Crippen LogP contribution in [0.15, 0.2) is 77.9 Å². The molecule has 0 spiro atoms. The number of pyridine rings is 1. The van der Waals surface area contributed by atoms with Gasteiger partial charge in [-0.05, 0) is 55.3 Å². The number of hydrazone groups is 1. The number of aryl methyl sites for hydroxylation is 1. The van der Waals surface area contributed by atoms with Gasteiger partial charge in [-0.25, -0.2) is 10.4 Å². The topological polar surface area (TPSA) is 83.4 Å². The number of nitrogens with zero attached hydrogens (tertiary/aromatic N) is 2. The molecule has 2 amide bonds. The van der Waals surface area contributed by atoms with Crippen LogP contribution in [-0.2, 0) is 4.79 Å². The van der Waals surface area contributed by atoms with Gasteiger partial charge in [-0.1, -0.05) is 54.1 Å². The number of hydrogen-bond donors (Lipinski definition) is 2. The number of hydrogen-bond acceptors (Lipinski definition) is 4. The van der Waals surface area contributed by atoms with Crippen molar-refractivity contribution < 1.29 is 22.8 Å². The van der Waals surface area contributed by atoms with Crippen molar-refractivity contribution >= 4 is 45.7 Å². The van der Waals surface area contributed by atoms with E-state index in [0.29, 0.717) is 38.5 Å². The third kappa shape index (κ3) is 5.95. The fourth-order valence-electron chi connectivity index (χ4n) is 3.63. The quantitative estimate of drug-likeness (QED) is 0.230. The molecular formula is C27H20ClF3N4O2. The lowest BCUT2D eigenvalue weighted by Crippen LogP contribution is -2.29. The Balaban J connectivity index is 1.64. The molecule has 3 aromatic carbocycles. The number of halogens is 4. The van der Waals surface area contributed by atoms with Gasteiger partial charge in [-0.3, -0.25) is 9.59 Å².